The van der Waals surface area contributed by atoms with Gasteiger partial charge in [0.25, 0.3) is 5.91 Å². The van der Waals surface area contributed by atoms with E-state index in [4.69, 9.17) is 4.42 Å². The molecule has 1 aliphatic heterocycles. The van der Waals surface area contributed by atoms with Crippen molar-refractivity contribution in [1.29, 1.82) is 0 Å². The third-order valence-corrected chi connectivity index (χ3v) is 4.37. The highest BCUT2D eigenvalue weighted by Gasteiger charge is 2.28. The van der Waals surface area contributed by atoms with Crippen molar-refractivity contribution in [2.75, 3.05) is 46.8 Å². The van der Waals surface area contributed by atoms with Gasteiger partial charge in [-0.25, -0.2) is 4.99 Å². The highest BCUT2D eigenvalue weighted by atomic mass is 16.3. The minimum absolute atomic E-state index is 0.0262. The lowest BCUT2D eigenvalue weighted by atomic mass is 10.3. The zero-order valence-electron chi connectivity index (χ0n) is 14.8. The third kappa shape index (κ3) is 4.52. The monoisotopic (exact) mass is 347 g/mol. The summed E-state index contributed by atoms with van der Waals surface area (Å²) in [6.45, 7) is 2.70. The summed E-state index contributed by atoms with van der Waals surface area (Å²) in [4.78, 5) is 34.1. The quantitative estimate of drug-likeness (QED) is 0.623. The topological polar surface area (TPSA) is 81.4 Å². The van der Waals surface area contributed by atoms with Crippen molar-refractivity contribution in [2.45, 2.75) is 18.9 Å². The Bertz CT molecular complexity index is 629. The van der Waals surface area contributed by atoms with Crippen LogP contribution in [0.3, 0.4) is 0 Å². The standard InChI is InChI=1S/C17H25N5O3/c1-20(2)15(23)12-18-17(19-13-5-6-13)22-9-7-21(8-10-22)16(24)14-4-3-11-25-14/h3-4,11,13H,5-10,12H2,1-2H3,(H,18,19). The minimum atomic E-state index is -0.0823. The Kier molecular flexibility index (Phi) is 5.25. The molecular weight excluding hydrogens is 322 g/mol. The molecule has 1 aromatic heterocycles. The van der Waals surface area contributed by atoms with Crippen LogP contribution in [0.25, 0.3) is 0 Å². The third-order valence-electron chi connectivity index (χ3n) is 4.37. The van der Waals surface area contributed by atoms with Crippen LogP contribution >= 0.6 is 0 Å². The molecule has 1 aliphatic carbocycles. The smallest absolute Gasteiger partial charge is 0.289 e. The van der Waals surface area contributed by atoms with E-state index < -0.39 is 0 Å². The average molecular weight is 347 g/mol. The summed E-state index contributed by atoms with van der Waals surface area (Å²) in [5.41, 5.74) is 0. The van der Waals surface area contributed by atoms with Crippen LogP contribution in [-0.2, 0) is 4.79 Å². The first-order chi connectivity index (χ1) is 12.0. The van der Waals surface area contributed by atoms with E-state index >= 15 is 0 Å². The first-order valence-corrected chi connectivity index (χ1v) is 8.63. The van der Waals surface area contributed by atoms with Crippen molar-refractivity contribution in [3.8, 4) is 0 Å². The van der Waals surface area contributed by atoms with Gasteiger partial charge in [0.05, 0.1) is 6.26 Å². The molecule has 1 saturated heterocycles. The van der Waals surface area contributed by atoms with E-state index in [1.807, 2.05) is 0 Å². The largest absolute Gasteiger partial charge is 0.459 e. The van der Waals surface area contributed by atoms with Crippen LogP contribution in [0.4, 0.5) is 0 Å². The van der Waals surface area contributed by atoms with Crippen LogP contribution in [0.1, 0.15) is 23.4 Å². The number of nitrogens with zero attached hydrogens (tertiary/aromatic N) is 4. The van der Waals surface area contributed by atoms with Gasteiger partial charge < -0.3 is 24.4 Å². The first-order valence-electron chi connectivity index (χ1n) is 8.63. The van der Waals surface area contributed by atoms with Crippen molar-refractivity contribution in [2.24, 2.45) is 4.99 Å². The highest BCUT2D eigenvalue weighted by molar-refractivity contribution is 5.91. The molecule has 0 aromatic carbocycles. The molecule has 3 rings (SSSR count). The number of furan rings is 1. The number of guanidine groups is 1. The number of carbonyl (C=O) groups is 2. The van der Waals surface area contributed by atoms with Crippen molar-refractivity contribution < 1.29 is 14.0 Å². The van der Waals surface area contributed by atoms with Gasteiger partial charge in [0.1, 0.15) is 6.54 Å². The molecule has 2 heterocycles. The Labute approximate surface area is 147 Å². The van der Waals surface area contributed by atoms with Crippen LogP contribution in [0, 0.1) is 0 Å². The first kappa shape index (κ1) is 17.3. The van der Waals surface area contributed by atoms with Gasteiger partial charge in [0.2, 0.25) is 5.91 Å². The highest BCUT2D eigenvalue weighted by Crippen LogP contribution is 2.19. The number of aliphatic imine (C=N–C) groups is 1. The van der Waals surface area contributed by atoms with Crippen LogP contribution in [-0.4, -0.2) is 85.3 Å². The molecule has 0 spiro atoms. The molecule has 2 fully saturated rings. The number of amides is 2. The van der Waals surface area contributed by atoms with E-state index in [-0.39, 0.29) is 18.4 Å². The number of piperazine rings is 1. The molecular formula is C17H25N5O3. The molecule has 1 N–H and O–H groups in total. The lowest BCUT2D eigenvalue weighted by Gasteiger charge is -2.36. The molecule has 136 valence electrons. The summed E-state index contributed by atoms with van der Waals surface area (Å²) in [6.07, 6.45) is 3.78. The summed E-state index contributed by atoms with van der Waals surface area (Å²) >= 11 is 0. The molecule has 8 nitrogen and oxygen atoms in total. The molecule has 0 bridgehead atoms. The Hall–Kier alpha value is -2.51. The zero-order valence-corrected chi connectivity index (χ0v) is 14.8. The zero-order chi connectivity index (χ0) is 17.8. The summed E-state index contributed by atoms with van der Waals surface area (Å²) in [6, 6.07) is 3.86. The second-order valence-electron chi connectivity index (χ2n) is 6.60. The second-order valence-corrected chi connectivity index (χ2v) is 6.60. The van der Waals surface area contributed by atoms with Gasteiger partial charge in [-0.2, -0.15) is 0 Å². The van der Waals surface area contributed by atoms with Gasteiger partial charge in [-0.1, -0.05) is 0 Å². The number of hydrogen-bond acceptors (Lipinski definition) is 4. The van der Waals surface area contributed by atoms with Crippen molar-refractivity contribution in [1.82, 2.24) is 20.0 Å². The van der Waals surface area contributed by atoms with E-state index in [0.29, 0.717) is 38.0 Å². The van der Waals surface area contributed by atoms with Crippen molar-refractivity contribution in [3.63, 3.8) is 0 Å². The minimum Gasteiger partial charge on any atom is -0.459 e. The fourth-order valence-electron chi connectivity index (χ4n) is 2.61. The van der Waals surface area contributed by atoms with Gasteiger partial charge in [-0.15, -0.1) is 0 Å². The molecule has 8 heteroatoms. The maximum Gasteiger partial charge on any atom is 0.289 e. The van der Waals surface area contributed by atoms with Gasteiger partial charge in [0.15, 0.2) is 11.7 Å². The fourth-order valence-corrected chi connectivity index (χ4v) is 2.61. The predicted octanol–water partition coefficient (Wildman–Crippen LogP) is 0.234. The Morgan fingerprint density at radius 3 is 2.48 bits per heavy atom. The van der Waals surface area contributed by atoms with Crippen molar-refractivity contribution in [3.05, 3.63) is 24.2 Å². The van der Waals surface area contributed by atoms with E-state index in [9.17, 15) is 9.59 Å². The molecule has 0 radical (unpaired) electrons. The van der Waals surface area contributed by atoms with Gasteiger partial charge in [-0.05, 0) is 25.0 Å². The summed E-state index contributed by atoms with van der Waals surface area (Å²) < 4.78 is 5.19. The Morgan fingerprint density at radius 2 is 1.92 bits per heavy atom. The molecule has 0 unspecified atom stereocenters. The normalized spacial score (nSPS) is 18.2. The van der Waals surface area contributed by atoms with Crippen LogP contribution in [0.2, 0.25) is 0 Å². The molecule has 1 aromatic rings. The van der Waals surface area contributed by atoms with Gasteiger partial charge in [0, 0.05) is 46.3 Å². The average Bonchev–Trinajstić information content (AvgIpc) is 3.27. The van der Waals surface area contributed by atoms with Crippen LogP contribution in [0.15, 0.2) is 27.8 Å². The summed E-state index contributed by atoms with van der Waals surface area (Å²) in [5.74, 6) is 1.03. The number of rotatable bonds is 4. The lowest BCUT2D eigenvalue weighted by molar-refractivity contribution is -0.127. The van der Waals surface area contributed by atoms with Crippen LogP contribution < -0.4 is 5.32 Å². The van der Waals surface area contributed by atoms with Crippen LogP contribution in [0.5, 0.6) is 0 Å². The molecule has 25 heavy (non-hydrogen) atoms. The Morgan fingerprint density at radius 1 is 1.24 bits per heavy atom. The van der Waals surface area contributed by atoms with Gasteiger partial charge in [-0.3, -0.25) is 9.59 Å². The molecule has 1 saturated carbocycles. The summed E-state index contributed by atoms with van der Waals surface area (Å²) in [7, 11) is 3.45. The molecule has 2 aliphatic rings. The van der Waals surface area contributed by atoms with E-state index in [1.54, 1.807) is 31.1 Å². The maximum absolute atomic E-state index is 12.3. The van der Waals surface area contributed by atoms with Crippen molar-refractivity contribution >= 4 is 17.8 Å². The Balaban J connectivity index is 1.58. The van der Waals surface area contributed by atoms with E-state index in [1.165, 1.54) is 11.2 Å². The maximum atomic E-state index is 12.3. The summed E-state index contributed by atoms with van der Waals surface area (Å²) in [5, 5.41) is 3.41. The number of hydrogen-bond donors (Lipinski definition) is 1. The SMILES string of the molecule is CN(C)C(=O)CN=C(NC1CC1)N1CCN(C(=O)c2ccco2)CC1. The lowest BCUT2D eigenvalue weighted by Crippen LogP contribution is -2.54. The molecule has 2 amide bonds. The van der Waals surface area contributed by atoms with Gasteiger partial charge >= 0.3 is 0 Å². The predicted molar refractivity (Wildman–Crippen MR) is 93.3 cm³/mol. The number of nitrogens with one attached hydrogen (secondary N) is 1. The fraction of sp³-hybridized carbons (Fsp3) is 0.588. The van der Waals surface area contributed by atoms with E-state index in [0.717, 1.165) is 18.8 Å². The number of likely N-dealkylation sites (N-methyl/N-ethyl adjacent to an activating group) is 1. The number of carbonyl (C=O) groups excluding carboxylic acids is 2. The van der Waals surface area contributed by atoms with E-state index in [2.05, 4.69) is 15.2 Å². The molecule has 0 atom stereocenters. The second kappa shape index (κ2) is 7.58.